The number of esters is 1. The molecule has 2 aromatic rings. The van der Waals surface area contributed by atoms with Crippen LogP contribution in [0.5, 0.6) is 0 Å². The number of ether oxygens (including phenoxy) is 1. The maximum Gasteiger partial charge on any atom is 0.377 e. The molecule has 2 rings (SSSR count). The number of aryl methyl sites for hydroxylation is 1. The van der Waals surface area contributed by atoms with Crippen molar-refractivity contribution in [3.05, 3.63) is 47.5 Å². The Hall–Kier alpha value is -2.17. The number of carbonyl (C=O) groups excluding carboxylic acids is 1. The molecule has 1 heterocycles. The molecule has 0 spiro atoms. The van der Waals surface area contributed by atoms with Crippen LogP contribution < -0.4 is 0 Å². The lowest BCUT2D eigenvalue weighted by atomic mass is 10.1. The highest BCUT2D eigenvalue weighted by Gasteiger charge is 2.10. The highest BCUT2D eigenvalue weighted by molar-refractivity contribution is 5.84. The number of hydrogen-bond acceptors (Lipinski definition) is 4. The second-order valence-corrected chi connectivity index (χ2v) is 3.93. The van der Waals surface area contributed by atoms with Gasteiger partial charge in [-0.3, -0.25) is 0 Å². The minimum Gasteiger partial charge on any atom is -0.463 e. The van der Waals surface area contributed by atoms with Gasteiger partial charge in [0.1, 0.15) is 6.33 Å². The van der Waals surface area contributed by atoms with Gasteiger partial charge in [0.25, 0.3) is 5.82 Å². The van der Waals surface area contributed by atoms with Crippen molar-refractivity contribution >= 4 is 5.97 Å². The quantitative estimate of drug-likeness (QED) is 0.769. The van der Waals surface area contributed by atoms with Gasteiger partial charge in [0.15, 0.2) is 0 Å². The number of carbonyl (C=O) groups is 1. The molecule has 0 atom stereocenters. The Morgan fingerprint density at radius 2 is 1.94 bits per heavy atom. The highest BCUT2D eigenvalue weighted by Crippen LogP contribution is 2.06. The van der Waals surface area contributed by atoms with Crippen LogP contribution in [-0.2, 0) is 17.7 Å². The fraction of sp³-hybridized carbons (Fsp3) is 0.308. The summed E-state index contributed by atoms with van der Waals surface area (Å²) in [6.07, 6.45) is 2.55. The molecule has 5 heteroatoms. The third-order valence-corrected chi connectivity index (χ3v) is 2.68. The van der Waals surface area contributed by atoms with Gasteiger partial charge >= 0.3 is 5.97 Å². The van der Waals surface area contributed by atoms with E-state index in [2.05, 4.69) is 46.0 Å². The predicted molar refractivity (Wildman–Crippen MR) is 66.3 cm³/mol. The Bertz CT molecular complexity index is 531. The van der Waals surface area contributed by atoms with Crippen LogP contribution in [0.15, 0.2) is 30.6 Å². The van der Waals surface area contributed by atoms with Gasteiger partial charge in [-0.1, -0.05) is 31.2 Å². The van der Waals surface area contributed by atoms with E-state index in [9.17, 15) is 4.79 Å². The summed E-state index contributed by atoms with van der Waals surface area (Å²) >= 11 is 0. The maximum absolute atomic E-state index is 11.2. The molecule has 0 fully saturated rings. The van der Waals surface area contributed by atoms with Crippen LogP contribution in [0.4, 0.5) is 0 Å². The van der Waals surface area contributed by atoms with Crippen molar-refractivity contribution in [3.63, 3.8) is 0 Å². The number of rotatable bonds is 4. The third kappa shape index (κ3) is 2.74. The topological polar surface area (TPSA) is 57.0 Å². The Morgan fingerprint density at radius 1 is 1.28 bits per heavy atom. The molecule has 1 aromatic carbocycles. The molecule has 0 aliphatic rings. The second-order valence-electron chi connectivity index (χ2n) is 3.93. The molecule has 0 radical (unpaired) electrons. The van der Waals surface area contributed by atoms with E-state index in [1.807, 2.05) is 0 Å². The van der Waals surface area contributed by atoms with Crippen molar-refractivity contribution in [2.24, 2.45) is 0 Å². The lowest BCUT2D eigenvalue weighted by Gasteiger charge is -2.02. The highest BCUT2D eigenvalue weighted by atomic mass is 16.5. The molecule has 0 aliphatic carbocycles. The van der Waals surface area contributed by atoms with Crippen molar-refractivity contribution in [1.82, 2.24) is 14.8 Å². The molecule has 0 saturated carbocycles. The van der Waals surface area contributed by atoms with Gasteiger partial charge in [-0.05, 0) is 17.5 Å². The summed E-state index contributed by atoms with van der Waals surface area (Å²) in [7, 11) is 1.31. The van der Waals surface area contributed by atoms with Crippen LogP contribution in [0.3, 0.4) is 0 Å². The van der Waals surface area contributed by atoms with Crippen LogP contribution in [0.25, 0.3) is 0 Å². The fourth-order valence-electron chi connectivity index (χ4n) is 1.62. The molecule has 0 amide bonds. The summed E-state index contributed by atoms with van der Waals surface area (Å²) in [5.74, 6) is -0.433. The first kappa shape index (κ1) is 12.3. The minimum absolute atomic E-state index is 0.0858. The number of methoxy groups -OCH3 is 1. The van der Waals surface area contributed by atoms with Crippen molar-refractivity contribution in [2.45, 2.75) is 19.9 Å². The zero-order valence-corrected chi connectivity index (χ0v) is 10.5. The normalized spacial score (nSPS) is 10.3. The smallest absolute Gasteiger partial charge is 0.377 e. The summed E-state index contributed by atoms with van der Waals surface area (Å²) in [6.45, 7) is 2.71. The average molecular weight is 245 g/mol. The van der Waals surface area contributed by atoms with E-state index in [1.165, 1.54) is 19.0 Å². The Labute approximate surface area is 105 Å². The molecule has 94 valence electrons. The van der Waals surface area contributed by atoms with Crippen molar-refractivity contribution in [3.8, 4) is 0 Å². The number of nitrogens with zero attached hydrogens (tertiary/aromatic N) is 3. The van der Waals surface area contributed by atoms with E-state index in [0.29, 0.717) is 6.54 Å². The lowest BCUT2D eigenvalue weighted by Crippen LogP contribution is -2.06. The molecule has 0 bridgehead atoms. The van der Waals surface area contributed by atoms with Gasteiger partial charge in [0.2, 0.25) is 0 Å². The van der Waals surface area contributed by atoms with Gasteiger partial charge in [-0.15, -0.1) is 5.10 Å². The standard InChI is InChI=1S/C13H15N3O2/c1-3-10-4-6-11(7-5-10)8-16-9-14-12(15-16)13(17)18-2/h4-7,9H,3,8H2,1-2H3. The van der Waals surface area contributed by atoms with E-state index in [4.69, 9.17) is 0 Å². The SMILES string of the molecule is CCc1ccc(Cn2cnc(C(=O)OC)n2)cc1. The third-order valence-electron chi connectivity index (χ3n) is 2.68. The van der Waals surface area contributed by atoms with Crippen molar-refractivity contribution in [1.29, 1.82) is 0 Å². The number of hydrogen-bond donors (Lipinski definition) is 0. The van der Waals surface area contributed by atoms with Crippen LogP contribution in [-0.4, -0.2) is 27.8 Å². The largest absolute Gasteiger partial charge is 0.463 e. The number of aromatic nitrogens is 3. The van der Waals surface area contributed by atoms with Crippen LogP contribution in [0, 0.1) is 0 Å². The van der Waals surface area contributed by atoms with Crippen LogP contribution >= 0.6 is 0 Å². The first-order valence-electron chi connectivity index (χ1n) is 5.78. The summed E-state index contributed by atoms with van der Waals surface area (Å²) in [5.41, 5.74) is 2.42. The first-order chi connectivity index (χ1) is 8.72. The molecule has 5 nitrogen and oxygen atoms in total. The summed E-state index contributed by atoms with van der Waals surface area (Å²) in [5, 5.41) is 4.05. The van der Waals surface area contributed by atoms with Gasteiger partial charge < -0.3 is 4.74 Å². The van der Waals surface area contributed by atoms with Crippen LogP contribution in [0.1, 0.15) is 28.7 Å². The first-order valence-corrected chi connectivity index (χ1v) is 5.78. The molecule has 0 unspecified atom stereocenters. The fourth-order valence-corrected chi connectivity index (χ4v) is 1.62. The van der Waals surface area contributed by atoms with Crippen LogP contribution in [0.2, 0.25) is 0 Å². The zero-order valence-electron chi connectivity index (χ0n) is 10.5. The second kappa shape index (κ2) is 5.44. The Morgan fingerprint density at radius 3 is 2.56 bits per heavy atom. The zero-order chi connectivity index (χ0) is 13.0. The molecule has 0 saturated heterocycles. The van der Waals surface area contributed by atoms with E-state index in [-0.39, 0.29) is 5.82 Å². The Balaban J connectivity index is 2.08. The lowest BCUT2D eigenvalue weighted by molar-refractivity contribution is 0.0586. The molecule has 0 aliphatic heterocycles. The van der Waals surface area contributed by atoms with Gasteiger partial charge in [0, 0.05) is 0 Å². The predicted octanol–water partition coefficient (Wildman–Crippen LogP) is 1.68. The van der Waals surface area contributed by atoms with E-state index < -0.39 is 5.97 Å². The molecular formula is C13H15N3O2. The molecular weight excluding hydrogens is 230 g/mol. The van der Waals surface area contributed by atoms with Gasteiger partial charge in [0.05, 0.1) is 13.7 Å². The van der Waals surface area contributed by atoms with E-state index in [0.717, 1.165) is 12.0 Å². The molecule has 18 heavy (non-hydrogen) atoms. The summed E-state index contributed by atoms with van der Waals surface area (Å²) in [4.78, 5) is 15.1. The molecule has 0 N–H and O–H groups in total. The average Bonchev–Trinajstić information content (AvgIpc) is 2.87. The van der Waals surface area contributed by atoms with Gasteiger partial charge in [-0.2, -0.15) is 0 Å². The Kier molecular flexibility index (Phi) is 3.72. The summed E-state index contributed by atoms with van der Waals surface area (Å²) in [6, 6.07) is 8.29. The van der Waals surface area contributed by atoms with Crippen molar-refractivity contribution in [2.75, 3.05) is 7.11 Å². The minimum atomic E-state index is -0.518. The summed E-state index contributed by atoms with van der Waals surface area (Å²) < 4.78 is 6.17. The molecule has 1 aromatic heterocycles. The maximum atomic E-state index is 11.2. The van der Waals surface area contributed by atoms with Crippen molar-refractivity contribution < 1.29 is 9.53 Å². The monoisotopic (exact) mass is 245 g/mol. The van der Waals surface area contributed by atoms with E-state index >= 15 is 0 Å². The van der Waals surface area contributed by atoms with Gasteiger partial charge in [-0.25, -0.2) is 14.5 Å². The van der Waals surface area contributed by atoms with E-state index in [1.54, 1.807) is 4.68 Å². The number of benzene rings is 1.